The van der Waals surface area contributed by atoms with Gasteiger partial charge in [-0.15, -0.1) is 0 Å². The average Bonchev–Trinajstić information content (AvgIpc) is 2.47. The first-order chi connectivity index (χ1) is 9.53. The van der Waals surface area contributed by atoms with Crippen molar-refractivity contribution < 1.29 is 4.74 Å². The summed E-state index contributed by atoms with van der Waals surface area (Å²) in [6, 6.07) is 6.22. The Hall–Kier alpha value is -0.730. The van der Waals surface area contributed by atoms with Crippen LogP contribution >= 0.6 is 11.6 Å². The molecule has 1 aromatic rings. The van der Waals surface area contributed by atoms with Crippen LogP contribution in [0, 0.1) is 5.92 Å². The molecule has 1 aliphatic rings. The lowest BCUT2D eigenvalue weighted by molar-refractivity contribution is 0.218. The van der Waals surface area contributed by atoms with Crippen molar-refractivity contribution in [1.82, 2.24) is 5.32 Å². The number of hydrogen-bond acceptors (Lipinski definition) is 2. The van der Waals surface area contributed by atoms with Gasteiger partial charge in [0.2, 0.25) is 0 Å². The minimum Gasteiger partial charge on any atom is -0.492 e. The molecule has 1 heterocycles. The molecule has 0 unspecified atom stereocenters. The van der Waals surface area contributed by atoms with Crippen molar-refractivity contribution in [3.8, 4) is 5.75 Å². The van der Waals surface area contributed by atoms with Crippen LogP contribution in [0.5, 0.6) is 5.75 Å². The van der Waals surface area contributed by atoms with Gasteiger partial charge in [0.15, 0.2) is 0 Å². The van der Waals surface area contributed by atoms with Gasteiger partial charge < -0.3 is 10.1 Å². The second-order valence-electron chi connectivity index (χ2n) is 6.41. The highest BCUT2D eigenvalue weighted by Gasteiger charge is 2.20. The standard InChI is InChI=1S/C17H26ClNO/c1-4-17(2,3)14-7-8-16(15(18)10-14)20-12-13-6-5-9-19-11-13/h7-8,10,13,19H,4-6,9,11-12H2,1-3H3/t13-/m0/s1. The quantitative estimate of drug-likeness (QED) is 0.869. The molecule has 112 valence electrons. The summed E-state index contributed by atoms with van der Waals surface area (Å²) in [5.74, 6) is 1.42. The summed E-state index contributed by atoms with van der Waals surface area (Å²) in [7, 11) is 0. The van der Waals surface area contributed by atoms with E-state index in [1.807, 2.05) is 6.07 Å². The third-order valence-corrected chi connectivity index (χ3v) is 4.77. The van der Waals surface area contributed by atoms with Gasteiger partial charge in [-0.25, -0.2) is 0 Å². The van der Waals surface area contributed by atoms with E-state index >= 15 is 0 Å². The smallest absolute Gasteiger partial charge is 0.137 e. The summed E-state index contributed by atoms with van der Waals surface area (Å²) >= 11 is 6.37. The van der Waals surface area contributed by atoms with Gasteiger partial charge in [-0.05, 0) is 48.9 Å². The Morgan fingerprint density at radius 2 is 2.20 bits per heavy atom. The molecule has 0 saturated carbocycles. The van der Waals surface area contributed by atoms with Crippen molar-refractivity contribution in [2.45, 2.75) is 45.4 Å². The molecular formula is C17H26ClNO. The van der Waals surface area contributed by atoms with E-state index in [4.69, 9.17) is 16.3 Å². The lowest BCUT2D eigenvalue weighted by atomic mass is 9.82. The molecule has 2 rings (SSSR count). The molecule has 1 aliphatic heterocycles. The first-order valence-electron chi connectivity index (χ1n) is 7.66. The molecule has 0 bridgehead atoms. The molecule has 1 fully saturated rings. The monoisotopic (exact) mass is 295 g/mol. The number of halogens is 1. The van der Waals surface area contributed by atoms with Crippen LogP contribution < -0.4 is 10.1 Å². The molecule has 0 spiro atoms. The summed E-state index contributed by atoms with van der Waals surface area (Å²) < 4.78 is 5.91. The van der Waals surface area contributed by atoms with Crippen molar-refractivity contribution in [1.29, 1.82) is 0 Å². The van der Waals surface area contributed by atoms with Crippen LogP contribution in [-0.4, -0.2) is 19.7 Å². The average molecular weight is 296 g/mol. The Labute approximate surface area is 127 Å². The zero-order chi connectivity index (χ0) is 14.6. The molecule has 0 aliphatic carbocycles. The number of hydrogen-bond donors (Lipinski definition) is 1. The van der Waals surface area contributed by atoms with Crippen LogP contribution in [0.1, 0.15) is 45.6 Å². The fraction of sp³-hybridized carbons (Fsp3) is 0.647. The predicted molar refractivity (Wildman–Crippen MR) is 85.9 cm³/mol. The maximum atomic E-state index is 6.37. The van der Waals surface area contributed by atoms with Crippen LogP contribution in [0.4, 0.5) is 0 Å². The van der Waals surface area contributed by atoms with Gasteiger partial charge in [-0.3, -0.25) is 0 Å². The zero-order valence-electron chi connectivity index (χ0n) is 12.8. The Balaban J connectivity index is 1.99. The van der Waals surface area contributed by atoms with Crippen molar-refractivity contribution >= 4 is 11.6 Å². The lowest BCUT2D eigenvalue weighted by Gasteiger charge is -2.25. The highest BCUT2D eigenvalue weighted by atomic mass is 35.5. The minimum atomic E-state index is 0.162. The van der Waals surface area contributed by atoms with E-state index in [2.05, 4.69) is 38.2 Å². The molecule has 0 radical (unpaired) electrons. The summed E-state index contributed by atoms with van der Waals surface area (Å²) in [6.07, 6.45) is 3.58. The lowest BCUT2D eigenvalue weighted by Crippen LogP contribution is -2.33. The molecule has 0 amide bonds. The summed E-state index contributed by atoms with van der Waals surface area (Å²) in [6.45, 7) is 9.63. The number of rotatable bonds is 5. The zero-order valence-corrected chi connectivity index (χ0v) is 13.6. The van der Waals surface area contributed by atoms with Crippen LogP contribution in [0.2, 0.25) is 5.02 Å². The normalized spacial score (nSPS) is 19.9. The predicted octanol–water partition coefficient (Wildman–Crippen LogP) is 4.41. The van der Waals surface area contributed by atoms with Gasteiger partial charge in [0.25, 0.3) is 0 Å². The first kappa shape index (κ1) is 15.7. The number of ether oxygens (including phenoxy) is 1. The largest absolute Gasteiger partial charge is 0.492 e. The van der Waals surface area contributed by atoms with Crippen LogP contribution in [-0.2, 0) is 5.41 Å². The van der Waals surface area contributed by atoms with E-state index in [9.17, 15) is 0 Å². The van der Waals surface area contributed by atoms with E-state index < -0.39 is 0 Å². The van der Waals surface area contributed by atoms with Crippen molar-refractivity contribution in [2.75, 3.05) is 19.7 Å². The van der Waals surface area contributed by atoms with E-state index in [0.717, 1.165) is 36.9 Å². The molecule has 1 atom stereocenters. The fourth-order valence-electron chi connectivity index (χ4n) is 2.52. The van der Waals surface area contributed by atoms with Gasteiger partial charge in [-0.1, -0.05) is 38.4 Å². The molecular weight excluding hydrogens is 270 g/mol. The van der Waals surface area contributed by atoms with E-state index in [1.165, 1.54) is 18.4 Å². The Kier molecular flexibility index (Phi) is 5.34. The minimum absolute atomic E-state index is 0.162. The Morgan fingerprint density at radius 1 is 1.40 bits per heavy atom. The van der Waals surface area contributed by atoms with E-state index in [-0.39, 0.29) is 5.41 Å². The highest BCUT2D eigenvalue weighted by Crippen LogP contribution is 2.33. The summed E-state index contributed by atoms with van der Waals surface area (Å²) in [5.41, 5.74) is 1.44. The molecule has 1 saturated heterocycles. The Morgan fingerprint density at radius 3 is 2.80 bits per heavy atom. The van der Waals surface area contributed by atoms with Crippen LogP contribution in [0.3, 0.4) is 0 Å². The van der Waals surface area contributed by atoms with E-state index in [0.29, 0.717) is 5.92 Å². The maximum Gasteiger partial charge on any atom is 0.137 e. The van der Waals surface area contributed by atoms with Crippen molar-refractivity contribution in [3.63, 3.8) is 0 Å². The van der Waals surface area contributed by atoms with Gasteiger partial charge in [-0.2, -0.15) is 0 Å². The molecule has 1 aromatic carbocycles. The van der Waals surface area contributed by atoms with Crippen LogP contribution in [0.15, 0.2) is 18.2 Å². The Bertz CT molecular complexity index is 439. The molecule has 1 N–H and O–H groups in total. The topological polar surface area (TPSA) is 21.3 Å². The number of piperidine rings is 1. The van der Waals surface area contributed by atoms with Gasteiger partial charge in [0, 0.05) is 12.5 Å². The maximum absolute atomic E-state index is 6.37. The fourth-order valence-corrected chi connectivity index (χ4v) is 2.75. The second-order valence-corrected chi connectivity index (χ2v) is 6.81. The summed E-state index contributed by atoms with van der Waals surface area (Å²) in [4.78, 5) is 0. The summed E-state index contributed by atoms with van der Waals surface area (Å²) in [5, 5.41) is 4.14. The van der Waals surface area contributed by atoms with Crippen LogP contribution in [0.25, 0.3) is 0 Å². The second kappa shape index (κ2) is 6.82. The van der Waals surface area contributed by atoms with Gasteiger partial charge in [0.05, 0.1) is 11.6 Å². The number of benzene rings is 1. The van der Waals surface area contributed by atoms with Crippen molar-refractivity contribution in [2.24, 2.45) is 5.92 Å². The molecule has 20 heavy (non-hydrogen) atoms. The SMILES string of the molecule is CCC(C)(C)c1ccc(OC[C@H]2CCCNC2)c(Cl)c1. The van der Waals surface area contributed by atoms with E-state index in [1.54, 1.807) is 0 Å². The molecule has 2 nitrogen and oxygen atoms in total. The number of nitrogens with one attached hydrogen (secondary N) is 1. The van der Waals surface area contributed by atoms with Gasteiger partial charge in [0.1, 0.15) is 5.75 Å². The van der Waals surface area contributed by atoms with Crippen molar-refractivity contribution in [3.05, 3.63) is 28.8 Å². The highest BCUT2D eigenvalue weighted by molar-refractivity contribution is 6.32. The third-order valence-electron chi connectivity index (χ3n) is 4.47. The molecule has 3 heteroatoms. The van der Waals surface area contributed by atoms with Gasteiger partial charge >= 0.3 is 0 Å². The molecule has 0 aromatic heterocycles. The first-order valence-corrected chi connectivity index (χ1v) is 8.04. The third kappa shape index (κ3) is 3.89.